The highest BCUT2D eigenvalue weighted by Gasteiger charge is 2.15. The van der Waals surface area contributed by atoms with Crippen molar-refractivity contribution in [2.24, 2.45) is 0 Å². The maximum absolute atomic E-state index is 14.0. The smallest absolute Gasteiger partial charge is 0.287 e. The van der Waals surface area contributed by atoms with Crippen LogP contribution in [0.3, 0.4) is 0 Å². The second-order valence-electron chi connectivity index (χ2n) is 5.87. The minimum Gasteiger partial charge on any atom is -0.469 e. The zero-order chi connectivity index (χ0) is 21.0. The van der Waals surface area contributed by atoms with Gasteiger partial charge in [-0.25, -0.2) is 4.39 Å². The Labute approximate surface area is 172 Å². The quantitative estimate of drug-likeness (QED) is 0.515. The first-order valence-corrected chi connectivity index (χ1v) is 9.11. The highest BCUT2D eigenvalue weighted by molar-refractivity contribution is 9.10. The Hall–Kier alpha value is -3.40. The van der Waals surface area contributed by atoms with Crippen LogP contribution in [0.4, 0.5) is 15.8 Å². The summed E-state index contributed by atoms with van der Waals surface area (Å²) in [5.41, 5.74) is 0.398. The SMILES string of the molecule is Cc1occc1C(=O)Nc1cc(NC(=O)CNC(=O)c2ccc(Br)o2)ccc1F. The number of rotatable bonds is 6. The molecule has 0 radical (unpaired) electrons. The lowest BCUT2D eigenvalue weighted by Gasteiger charge is -2.10. The van der Waals surface area contributed by atoms with Crippen LogP contribution in [0, 0.1) is 12.7 Å². The molecule has 0 fully saturated rings. The second-order valence-corrected chi connectivity index (χ2v) is 6.66. The number of halogens is 2. The molecule has 0 unspecified atom stereocenters. The molecule has 0 atom stereocenters. The van der Waals surface area contributed by atoms with Crippen molar-refractivity contribution in [2.45, 2.75) is 6.92 Å². The predicted octanol–water partition coefficient (Wildman–Crippen LogP) is 3.70. The summed E-state index contributed by atoms with van der Waals surface area (Å²) in [4.78, 5) is 36.1. The molecule has 0 bridgehead atoms. The first-order chi connectivity index (χ1) is 13.8. The third-order valence-electron chi connectivity index (χ3n) is 3.81. The largest absolute Gasteiger partial charge is 0.469 e. The summed E-state index contributed by atoms with van der Waals surface area (Å²) in [6, 6.07) is 8.17. The number of carbonyl (C=O) groups excluding carboxylic acids is 3. The number of anilines is 2. The molecule has 1 aromatic carbocycles. The van der Waals surface area contributed by atoms with Crippen LogP contribution >= 0.6 is 15.9 Å². The Bertz CT molecular complexity index is 1080. The van der Waals surface area contributed by atoms with Gasteiger partial charge >= 0.3 is 0 Å². The Morgan fingerprint density at radius 3 is 2.52 bits per heavy atom. The minimum absolute atomic E-state index is 0.0472. The summed E-state index contributed by atoms with van der Waals surface area (Å²) < 4.78 is 24.6. The molecule has 0 spiro atoms. The molecular weight excluding hydrogens is 449 g/mol. The van der Waals surface area contributed by atoms with Crippen molar-refractivity contribution >= 4 is 45.0 Å². The molecule has 8 nitrogen and oxygen atoms in total. The summed E-state index contributed by atoms with van der Waals surface area (Å²) in [5.74, 6) is -1.88. The average Bonchev–Trinajstić information content (AvgIpc) is 3.30. The zero-order valence-electron chi connectivity index (χ0n) is 15.0. The molecule has 10 heteroatoms. The van der Waals surface area contributed by atoms with Crippen LogP contribution in [-0.2, 0) is 4.79 Å². The Morgan fingerprint density at radius 1 is 1.07 bits per heavy atom. The Morgan fingerprint density at radius 2 is 1.86 bits per heavy atom. The van der Waals surface area contributed by atoms with Gasteiger partial charge in [-0.1, -0.05) is 0 Å². The summed E-state index contributed by atoms with van der Waals surface area (Å²) in [5, 5.41) is 7.34. The number of amides is 3. The normalized spacial score (nSPS) is 10.4. The van der Waals surface area contributed by atoms with Gasteiger partial charge in [0.25, 0.3) is 11.8 Å². The van der Waals surface area contributed by atoms with Crippen molar-refractivity contribution in [1.29, 1.82) is 0 Å². The van der Waals surface area contributed by atoms with E-state index in [4.69, 9.17) is 8.83 Å². The summed E-state index contributed by atoms with van der Waals surface area (Å²) in [7, 11) is 0. The average molecular weight is 464 g/mol. The van der Waals surface area contributed by atoms with Gasteiger partial charge in [0, 0.05) is 5.69 Å². The fraction of sp³-hybridized carbons (Fsp3) is 0.105. The van der Waals surface area contributed by atoms with Gasteiger partial charge in [-0.05, 0) is 59.3 Å². The first-order valence-electron chi connectivity index (χ1n) is 8.32. The maximum Gasteiger partial charge on any atom is 0.287 e. The van der Waals surface area contributed by atoms with Gasteiger partial charge in [-0.15, -0.1) is 0 Å². The first kappa shape index (κ1) is 20.3. The molecule has 29 heavy (non-hydrogen) atoms. The molecule has 150 valence electrons. The Balaban J connectivity index is 1.60. The molecule has 0 saturated carbocycles. The topological polar surface area (TPSA) is 114 Å². The van der Waals surface area contributed by atoms with Crippen LogP contribution in [0.5, 0.6) is 0 Å². The summed E-state index contributed by atoms with van der Waals surface area (Å²) in [6.07, 6.45) is 1.35. The van der Waals surface area contributed by atoms with E-state index in [1.54, 1.807) is 13.0 Å². The highest BCUT2D eigenvalue weighted by Crippen LogP contribution is 2.21. The van der Waals surface area contributed by atoms with Crippen molar-refractivity contribution < 1.29 is 27.6 Å². The van der Waals surface area contributed by atoms with E-state index in [1.165, 1.54) is 30.5 Å². The predicted molar refractivity (Wildman–Crippen MR) is 105 cm³/mol. The fourth-order valence-electron chi connectivity index (χ4n) is 2.40. The molecule has 3 aromatic rings. The molecule has 3 rings (SSSR count). The third kappa shape index (κ3) is 5.11. The van der Waals surface area contributed by atoms with E-state index in [9.17, 15) is 18.8 Å². The number of hydrogen-bond donors (Lipinski definition) is 3. The molecule has 0 saturated heterocycles. The molecule has 0 aliphatic heterocycles. The van der Waals surface area contributed by atoms with Gasteiger partial charge in [-0.2, -0.15) is 0 Å². The second kappa shape index (κ2) is 8.74. The van der Waals surface area contributed by atoms with Gasteiger partial charge < -0.3 is 24.8 Å². The van der Waals surface area contributed by atoms with Crippen molar-refractivity contribution in [3.8, 4) is 0 Å². The zero-order valence-corrected chi connectivity index (χ0v) is 16.6. The van der Waals surface area contributed by atoms with Crippen LogP contribution < -0.4 is 16.0 Å². The monoisotopic (exact) mass is 463 g/mol. The van der Waals surface area contributed by atoms with E-state index in [1.807, 2.05) is 0 Å². The molecule has 2 heterocycles. The van der Waals surface area contributed by atoms with Crippen molar-refractivity contribution in [3.63, 3.8) is 0 Å². The Kier molecular flexibility index (Phi) is 6.13. The third-order valence-corrected chi connectivity index (χ3v) is 4.23. The number of nitrogens with one attached hydrogen (secondary N) is 3. The van der Waals surface area contributed by atoms with Gasteiger partial charge in [0.15, 0.2) is 10.4 Å². The molecule has 0 aliphatic rings. The van der Waals surface area contributed by atoms with Gasteiger partial charge in [0.2, 0.25) is 5.91 Å². The standard InChI is InChI=1S/C19H15BrFN3O5/c1-10-12(6-7-28-10)18(26)24-14-8-11(2-3-13(14)21)23-17(25)9-22-19(27)15-4-5-16(20)29-15/h2-8H,9H2,1H3,(H,22,27)(H,23,25)(H,24,26). The number of hydrogen-bond acceptors (Lipinski definition) is 5. The number of carbonyl (C=O) groups is 3. The lowest BCUT2D eigenvalue weighted by molar-refractivity contribution is -0.115. The van der Waals surface area contributed by atoms with Crippen LogP contribution in [0.25, 0.3) is 0 Å². The van der Waals surface area contributed by atoms with Crippen LogP contribution in [0.15, 0.2) is 56.2 Å². The summed E-state index contributed by atoms with van der Waals surface area (Å²) in [6.45, 7) is 1.28. The lowest BCUT2D eigenvalue weighted by atomic mass is 10.2. The minimum atomic E-state index is -0.672. The molecular formula is C19H15BrFN3O5. The van der Waals surface area contributed by atoms with Gasteiger partial charge in [-0.3, -0.25) is 14.4 Å². The summed E-state index contributed by atoms with van der Waals surface area (Å²) >= 11 is 3.08. The van der Waals surface area contributed by atoms with E-state index in [0.29, 0.717) is 10.4 Å². The van der Waals surface area contributed by atoms with E-state index < -0.39 is 23.5 Å². The molecule has 3 N–H and O–H groups in total. The van der Waals surface area contributed by atoms with Gasteiger partial charge in [0.05, 0.1) is 24.1 Å². The van der Waals surface area contributed by atoms with Crippen LogP contribution in [0.1, 0.15) is 26.7 Å². The van der Waals surface area contributed by atoms with E-state index >= 15 is 0 Å². The van der Waals surface area contributed by atoms with Crippen molar-refractivity contribution in [3.05, 3.63) is 70.2 Å². The molecule has 0 aliphatic carbocycles. The lowest BCUT2D eigenvalue weighted by Crippen LogP contribution is -2.32. The molecule has 3 amide bonds. The van der Waals surface area contributed by atoms with Crippen molar-refractivity contribution in [1.82, 2.24) is 5.32 Å². The fourth-order valence-corrected chi connectivity index (χ4v) is 2.70. The highest BCUT2D eigenvalue weighted by atomic mass is 79.9. The maximum atomic E-state index is 14.0. The van der Waals surface area contributed by atoms with E-state index in [2.05, 4.69) is 31.9 Å². The number of benzene rings is 1. The van der Waals surface area contributed by atoms with Gasteiger partial charge in [0.1, 0.15) is 11.6 Å². The van der Waals surface area contributed by atoms with Crippen molar-refractivity contribution in [2.75, 3.05) is 17.2 Å². The van der Waals surface area contributed by atoms with Crippen LogP contribution in [-0.4, -0.2) is 24.3 Å². The molecule has 2 aromatic heterocycles. The van der Waals surface area contributed by atoms with Crippen LogP contribution in [0.2, 0.25) is 0 Å². The van der Waals surface area contributed by atoms with E-state index in [-0.39, 0.29) is 29.2 Å². The number of furan rings is 2. The van der Waals surface area contributed by atoms with E-state index in [0.717, 1.165) is 6.07 Å². The number of aryl methyl sites for hydroxylation is 1.